The number of imide groups is 1. The number of methoxy groups -OCH3 is 1. The van der Waals surface area contributed by atoms with Crippen LogP contribution in [0.3, 0.4) is 0 Å². The lowest BCUT2D eigenvalue weighted by Gasteiger charge is -2.15. The molecule has 0 unspecified atom stereocenters. The number of nitrogens with zero attached hydrogens (tertiary/aromatic N) is 1. The molecular formula is C18H14ClNO5S. The fourth-order valence-corrected chi connectivity index (χ4v) is 4.06. The van der Waals surface area contributed by atoms with Crippen molar-refractivity contribution in [3.05, 3.63) is 47.0 Å². The predicted octanol–water partition coefficient (Wildman–Crippen LogP) is 3.89. The summed E-state index contributed by atoms with van der Waals surface area (Å²) in [6, 6.07) is 10.1. The molecule has 1 fully saturated rings. The van der Waals surface area contributed by atoms with E-state index in [1.54, 1.807) is 43.5 Å². The molecule has 0 radical (unpaired) electrons. The number of carbonyl (C=O) groups excluding carboxylic acids is 2. The Kier molecular flexibility index (Phi) is 4.42. The van der Waals surface area contributed by atoms with Crippen LogP contribution in [-0.4, -0.2) is 30.3 Å². The van der Waals surface area contributed by atoms with Gasteiger partial charge in [0.25, 0.3) is 5.24 Å². The smallest absolute Gasteiger partial charge is 0.293 e. The summed E-state index contributed by atoms with van der Waals surface area (Å²) in [5.74, 6) is 1.55. The lowest BCUT2D eigenvalue weighted by Crippen LogP contribution is -2.32. The van der Waals surface area contributed by atoms with Gasteiger partial charge in [0, 0.05) is 11.1 Å². The highest BCUT2D eigenvalue weighted by atomic mass is 35.5. The van der Waals surface area contributed by atoms with E-state index in [9.17, 15) is 9.59 Å². The molecule has 2 aromatic carbocycles. The van der Waals surface area contributed by atoms with E-state index in [0.29, 0.717) is 34.4 Å². The Balaban J connectivity index is 1.59. The molecule has 1 atom stereocenters. The Morgan fingerprint density at radius 1 is 1.19 bits per heavy atom. The van der Waals surface area contributed by atoms with E-state index in [1.807, 2.05) is 0 Å². The van der Waals surface area contributed by atoms with Crippen molar-refractivity contribution < 1.29 is 23.8 Å². The van der Waals surface area contributed by atoms with Gasteiger partial charge in [0.2, 0.25) is 12.7 Å². The van der Waals surface area contributed by atoms with Crippen molar-refractivity contribution in [3.8, 4) is 17.2 Å². The molecule has 26 heavy (non-hydrogen) atoms. The molecule has 2 aromatic rings. The van der Waals surface area contributed by atoms with E-state index in [4.69, 9.17) is 25.8 Å². The summed E-state index contributed by atoms with van der Waals surface area (Å²) in [6.45, 7) is 0.155. The Labute approximate surface area is 159 Å². The van der Waals surface area contributed by atoms with Gasteiger partial charge >= 0.3 is 0 Å². The number of amides is 2. The van der Waals surface area contributed by atoms with E-state index in [1.165, 1.54) is 4.90 Å². The van der Waals surface area contributed by atoms with Gasteiger partial charge in [-0.1, -0.05) is 23.4 Å². The zero-order valence-corrected chi connectivity index (χ0v) is 15.3. The molecule has 4 rings (SSSR count). The van der Waals surface area contributed by atoms with Crippen LogP contribution in [0.2, 0.25) is 5.02 Å². The van der Waals surface area contributed by atoms with Gasteiger partial charge in [-0.2, -0.15) is 0 Å². The second-order valence-corrected chi connectivity index (χ2v) is 7.33. The van der Waals surface area contributed by atoms with Gasteiger partial charge in [0.15, 0.2) is 11.5 Å². The number of thioether (sulfide) groups is 1. The maximum absolute atomic E-state index is 12.8. The molecule has 0 aliphatic carbocycles. The normalized spacial score (nSPS) is 18.5. The Hall–Kier alpha value is -2.38. The fraction of sp³-hybridized carbons (Fsp3) is 0.222. The maximum atomic E-state index is 12.8. The van der Waals surface area contributed by atoms with Crippen LogP contribution < -0.4 is 19.1 Å². The number of fused-ring (bicyclic) bond motifs is 1. The second kappa shape index (κ2) is 6.74. The van der Waals surface area contributed by atoms with Gasteiger partial charge in [-0.05, 0) is 42.3 Å². The standard InChI is InChI=1S/C18H14ClNO5S/c1-23-13-8-15-14(24-9-25-15)6-10(13)7-16-17(21)20(18(22)26-16)12-4-2-11(19)3-5-12/h2-6,8,16H,7,9H2,1H3/t16-/m0/s1. The molecule has 2 amide bonds. The first-order chi connectivity index (χ1) is 12.6. The highest BCUT2D eigenvalue weighted by Gasteiger charge is 2.41. The summed E-state index contributed by atoms with van der Waals surface area (Å²) in [7, 11) is 1.55. The number of halogens is 1. The number of hydrogen-bond acceptors (Lipinski definition) is 6. The van der Waals surface area contributed by atoms with Crippen LogP contribution in [0.4, 0.5) is 10.5 Å². The molecule has 2 heterocycles. The summed E-state index contributed by atoms with van der Waals surface area (Å²) in [5.41, 5.74) is 1.30. The van der Waals surface area contributed by atoms with Gasteiger partial charge in [0.05, 0.1) is 18.0 Å². The average molecular weight is 392 g/mol. The Morgan fingerprint density at radius 3 is 2.58 bits per heavy atom. The number of rotatable bonds is 4. The van der Waals surface area contributed by atoms with Crippen LogP contribution in [0, 0.1) is 0 Å². The van der Waals surface area contributed by atoms with Crippen molar-refractivity contribution >= 4 is 40.2 Å². The van der Waals surface area contributed by atoms with E-state index >= 15 is 0 Å². The molecule has 2 aliphatic heterocycles. The molecule has 1 saturated heterocycles. The van der Waals surface area contributed by atoms with Crippen molar-refractivity contribution in [1.82, 2.24) is 0 Å². The van der Waals surface area contributed by atoms with Gasteiger partial charge in [-0.15, -0.1) is 0 Å². The minimum atomic E-state index is -0.535. The number of ether oxygens (including phenoxy) is 3. The monoisotopic (exact) mass is 391 g/mol. The number of carbonyl (C=O) groups is 2. The lowest BCUT2D eigenvalue weighted by molar-refractivity contribution is -0.117. The lowest BCUT2D eigenvalue weighted by atomic mass is 10.1. The van der Waals surface area contributed by atoms with Crippen LogP contribution in [0.1, 0.15) is 5.56 Å². The molecule has 0 saturated carbocycles. The van der Waals surface area contributed by atoms with Gasteiger partial charge in [0.1, 0.15) is 5.75 Å². The molecule has 2 aliphatic rings. The van der Waals surface area contributed by atoms with E-state index < -0.39 is 5.25 Å². The zero-order valence-electron chi connectivity index (χ0n) is 13.7. The molecule has 0 N–H and O–H groups in total. The molecule has 0 aromatic heterocycles. The summed E-state index contributed by atoms with van der Waals surface area (Å²) in [6.07, 6.45) is 0.346. The first kappa shape index (κ1) is 17.1. The average Bonchev–Trinajstić information content (AvgIpc) is 3.19. The summed E-state index contributed by atoms with van der Waals surface area (Å²) in [4.78, 5) is 26.4. The fourth-order valence-electron chi connectivity index (χ4n) is 2.93. The van der Waals surface area contributed by atoms with Crippen LogP contribution in [0.15, 0.2) is 36.4 Å². The minimum Gasteiger partial charge on any atom is -0.496 e. The Morgan fingerprint density at radius 2 is 1.88 bits per heavy atom. The Bertz CT molecular complexity index is 886. The summed E-state index contributed by atoms with van der Waals surface area (Å²) < 4.78 is 16.1. The van der Waals surface area contributed by atoms with Crippen molar-refractivity contribution in [2.45, 2.75) is 11.7 Å². The van der Waals surface area contributed by atoms with Gasteiger partial charge in [-0.25, -0.2) is 4.90 Å². The third-order valence-electron chi connectivity index (χ3n) is 4.19. The first-order valence-corrected chi connectivity index (χ1v) is 9.09. The van der Waals surface area contributed by atoms with Gasteiger partial charge in [-0.3, -0.25) is 9.59 Å². The quantitative estimate of drug-likeness (QED) is 0.787. The molecule has 8 heteroatoms. The first-order valence-electron chi connectivity index (χ1n) is 7.83. The van der Waals surface area contributed by atoms with Crippen LogP contribution in [0.5, 0.6) is 17.2 Å². The largest absolute Gasteiger partial charge is 0.496 e. The van der Waals surface area contributed by atoms with Crippen LogP contribution in [0.25, 0.3) is 0 Å². The van der Waals surface area contributed by atoms with Crippen LogP contribution in [-0.2, 0) is 11.2 Å². The zero-order chi connectivity index (χ0) is 18.3. The van der Waals surface area contributed by atoms with Crippen molar-refractivity contribution in [2.75, 3.05) is 18.8 Å². The topological polar surface area (TPSA) is 65.1 Å². The summed E-state index contributed by atoms with van der Waals surface area (Å²) >= 11 is 6.88. The van der Waals surface area contributed by atoms with E-state index in [0.717, 1.165) is 17.3 Å². The van der Waals surface area contributed by atoms with Gasteiger partial charge < -0.3 is 14.2 Å². The summed E-state index contributed by atoms with van der Waals surface area (Å²) in [5, 5.41) is -0.295. The molecule has 6 nitrogen and oxygen atoms in total. The van der Waals surface area contributed by atoms with Crippen molar-refractivity contribution in [3.63, 3.8) is 0 Å². The third kappa shape index (κ3) is 2.97. The SMILES string of the molecule is COc1cc2c(cc1C[C@@H]1SC(=O)N(c3ccc(Cl)cc3)C1=O)OCO2. The number of benzene rings is 2. The third-order valence-corrected chi connectivity index (χ3v) is 5.48. The molecule has 0 spiro atoms. The maximum Gasteiger partial charge on any atom is 0.293 e. The van der Waals surface area contributed by atoms with Crippen molar-refractivity contribution in [2.24, 2.45) is 0 Å². The number of anilines is 1. The highest BCUT2D eigenvalue weighted by molar-refractivity contribution is 8.15. The van der Waals surface area contributed by atoms with E-state index in [-0.39, 0.29) is 17.9 Å². The van der Waals surface area contributed by atoms with Crippen molar-refractivity contribution in [1.29, 1.82) is 0 Å². The second-order valence-electron chi connectivity index (χ2n) is 5.74. The minimum absolute atomic E-state index is 0.155. The number of hydrogen-bond donors (Lipinski definition) is 0. The highest BCUT2D eigenvalue weighted by Crippen LogP contribution is 2.41. The molecule has 134 valence electrons. The predicted molar refractivity (Wildman–Crippen MR) is 98.5 cm³/mol. The van der Waals surface area contributed by atoms with E-state index in [2.05, 4.69) is 0 Å². The molecular weight excluding hydrogens is 378 g/mol. The molecule has 0 bridgehead atoms. The van der Waals surface area contributed by atoms with Crippen LogP contribution >= 0.6 is 23.4 Å².